The average Bonchev–Trinajstić information content (AvgIpc) is 3.03. The number of furan rings is 1. The molecule has 0 spiro atoms. The Kier molecular flexibility index (Phi) is 6.08. The van der Waals surface area contributed by atoms with Crippen LogP contribution >= 0.6 is 0 Å². The molecule has 0 bridgehead atoms. The van der Waals surface area contributed by atoms with Crippen molar-refractivity contribution in [3.63, 3.8) is 0 Å². The molecule has 1 aromatic carbocycles. The first-order chi connectivity index (χ1) is 11.7. The molecule has 0 aliphatic rings. The molecule has 0 aliphatic carbocycles. The van der Waals surface area contributed by atoms with E-state index in [2.05, 4.69) is 4.72 Å². The van der Waals surface area contributed by atoms with Gasteiger partial charge >= 0.3 is 0 Å². The highest BCUT2D eigenvalue weighted by atomic mass is 32.2. The van der Waals surface area contributed by atoms with E-state index in [9.17, 15) is 16.8 Å². The van der Waals surface area contributed by atoms with Crippen LogP contribution in [0.4, 0.5) is 0 Å². The Morgan fingerprint density at radius 2 is 1.80 bits per heavy atom. The smallest absolute Gasteiger partial charge is 0.211 e. The Bertz CT molecular complexity index is 916. The van der Waals surface area contributed by atoms with Crippen molar-refractivity contribution in [2.75, 3.05) is 12.3 Å². The third kappa shape index (κ3) is 4.71. The number of benzene rings is 1. The molecule has 1 heterocycles. The first-order valence-corrected chi connectivity index (χ1v) is 11.2. The van der Waals surface area contributed by atoms with Crippen LogP contribution in [0.25, 0.3) is 0 Å². The number of nitrogens with one attached hydrogen (secondary N) is 1. The Hall–Kier alpha value is -1.64. The molecule has 8 heteroatoms. The van der Waals surface area contributed by atoms with E-state index < -0.39 is 25.1 Å². The predicted octanol–water partition coefficient (Wildman–Crippen LogP) is 2.74. The van der Waals surface area contributed by atoms with Crippen LogP contribution in [0, 0.1) is 13.8 Å². The number of sulfonamides is 1. The van der Waals surface area contributed by atoms with Gasteiger partial charge in [-0.1, -0.05) is 13.0 Å². The SMILES string of the molecule is CCCS(=O)(=O)NC[C@@H](c1ccco1)S(=O)(=O)c1ccc(C)c(C)c1. The molecule has 25 heavy (non-hydrogen) atoms. The molecule has 6 nitrogen and oxygen atoms in total. The Morgan fingerprint density at radius 3 is 2.36 bits per heavy atom. The molecule has 0 saturated heterocycles. The van der Waals surface area contributed by atoms with Gasteiger partial charge in [-0.05, 0) is 55.7 Å². The minimum atomic E-state index is -3.82. The maximum atomic E-state index is 13.1. The van der Waals surface area contributed by atoms with E-state index in [4.69, 9.17) is 4.42 Å². The fourth-order valence-corrected chi connectivity index (χ4v) is 5.31. The monoisotopic (exact) mass is 385 g/mol. The molecule has 2 rings (SSSR count). The summed E-state index contributed by atoms with van der Waals surface area (Å²) in [5, 5.41) is -1.13. The lowest BCUT2D eigenvalue weighted by molar-refractivity contribution is 0.486. The summed E-state index contributed by atoms with van der Waals surface area (Å²) in [6.45, 7) is 5.20. The summed E-state index contributed by atoms with van der Waals surface area (Å²) in [4.78, 5) is 0.145. The number of hydrogen-bond donors (Lipinski definition) is 1. The predicted molar refractivity (Wildman–Crippen MR) is 96.6 cm³/mol. The van der Waals surface area contributed by atoms with Gasteiger partial charge in [-0.2, -0.15) is 0 Å². The second-order valence-corrected chi connectivity index (χ2v) is 10.0. The molecule has 0 aliphatic heterocycles. The Balaban J connectivity index is 2.39. The lowest BCUT2D eigenvalue weighted by Gasteiger charge is -2.17. The zero-order valence-corrected chi connectivity index (χ0v) is 16.2. The minimum absolute atomic E-state index is 0.0540. The van der Waals surface area contributed by atoms with Crippen LogP contribution in [0.2, 0.25) is 0 Å². The summed E-state index contributed by atoms with van der Waals surface area (Å²) in [5.74, 6) is 0.152. The van der Waals surface area contributed by atoms with Crippen molar-refractivity contribution < 1.29 is 21.3 Å². The lowest BCUT2D eigenvalue weighted by Crippen LogP contribution is -2.33. The largest absolute Gasteiger partial charge is 0.468 e. The number of rotatable bonds is 8. The van der Waals surface area contributed by atoms with Crippen LogP contribution in [0.1, 0.15) is 35.5 Å². The summed E-state index contributed by atoms with van der Waals surface area (Å²) >= 11 is 0. The number of sulfone groups is 1. The molecule has 2 aromatic rings. The van der Waals surface area contributed by atoms with Crippen molar-refractivity contribution in [1.82, 2.24) is 4.72 Å². The number of hydrogen-bond acceptors (Lipinski definition) is 5. The van der Waals surface area contributed by atoms with Crippen molar-refractivity contribution in [2.45, 2.75) is 37.3 Å². The van der Waals surface area contributed by atoms with Crippen LogP contribution in [-0.2, 0) is 19.9 Å². The molecule has 138 valence electrons. The normalized spacial score (nSPS) is 13.7. The molecular weight excluding hydrogens is 362 g/mol. The van der Waals surface area contributed by atoms with Crippen LogP contribution in [0.15, 0.2) is 45.9 Å². The molecular formula is C17H23NO5S2. The van der Waals surface area contributed by atoms with Crippen LogP contribution < -0.4 is 4.72 Å². The standard InChI is InChI=1S/C17H23NO5S2/c1-4-10-24(19,20)18-12-17(16-6-5-9-23-16)25(21,22)15-8-7-13(2)14(3)11-15/h5-9,11,17-18H,4,10,12H2,1-3H3/t17-/m0/s1. The molecule has 1 aromatic heterocycles. The van der Waals surface area contributed by atoms with E-state index in [0.29, 0.717) is 6.42 Å². The zero-order valence-electron chi connectivity index (χ0n) is 14.5. The van der Waals surface area contributed by atoms with Gasteiger partial charge in [0.25, 0.3) is 0 Å². The average molecular weight is 386 g/mol. The van der Waals surface area contributed by atoms with Gasteiger partial charge in [-0.3, -0.25) is 0 Å². The van der Waals surface area contributed by atoms with E-state index in [-0.39, 0.29) is 23.0 Å². The molecule has 0 amide bonds. The summed E-state index contributed by atoms with van der Waals surface area (Å²) < 4.78 is 57.7. The maximum absolute atomic E-state index is 13.1. The quantitative estimate of drug-likeness (QED) is 0.754. The number of aryl methyl sites for hydroxylation is 2. The third-order valence-corrected chi connectivity index (χ3v) is 7.61. The van der Waals surface area contributed by atoms with Gasteiger partial charge in [-0.25, -0.2) is 21.6 Å². The lowest BCUT2D eigenvalue weighted by atomic mass is 10.1. The summed E-state index contributed by atoms with van der Waals surface area (Å²) in [7, 11) is -7.35. The topological polar surface area (TPSA) is 93.4 Å². The fraction of sp³-hybridized carbons (Fsp3) is 0.412. The fourth-order valence-electron chi connectivity index (χ4n) is 2.44. The zero-order chi connectivity index (χ0) is 18.7. The van der Waals surface area contributed by atoms with Gasteiger partial charge in [0.2, 0.25) is 10.0 Å². The van der Waals surface area contributed by atoms with E-state index >= 15 is 0 Å². The summed E-state index contributed by atoms with van der Waals surface area (Å²) in [5.41, 5.74) is 1.84. The Morgan fingerprint density at radius 1 is 1.08 bits per heavy atom. The molecule has 0 radical (unpaired) electrons. The van der Waals surface area contributed by atoms with E-state index in [1.54, 1.807) is 25.1 Å². The van der Waals surface area contributed by atoms with Crippen LogP contribution in [0.5, 0.6) is 0 Å². The molecule has 0 unspecified atom stereocenters. The van der Waals surface area contributed by atoms with Gasteiger partial charge < -0.3 is 4.42 Å². The van der Waals surface area contributed by atoms with Crippen molar-refractivity contribution in [3.05, 3.63) is 53.5 Å². The summed E-state index contributed by atoms with van der Waals surface area (Å²) in [6.07, 6.45) is 1.82. The second-order valence-electron chi connectivity index (χ2n) is 5.96. The summed E-state index contributed by atoms with van der Waals surface area (Å²) in [6, 6.07) is 7.99. The van der Waals surface area contributed by atoms with Crippen molar-refractivity contribution in [3.8, 4) is 0 Å². The molecule has 0 saturated carbocycles. The van der Waals surface area contributed by atoms with Gasteiger partial charge in [0.05, 0.1) is 16.9 Å². The highest BCUT2D eigenvalue weighted by Crippen LogP contribution is 2.30. The first kappa shape index (κ1) is 19.7. The van der Waals surface area contributed by atoms with Crippen molar-refractivity contribution in [1.29, 1.82) is 0 Å². The van der Waals surface area contributed by atoms with Gasteiger partial charge in [-0.15, -0.1) is 0 Å². The van der Waals surface area contributed by atoms with Gasteiger partial charge in [0, 0.05) is 6.54 Å². The third-order valence-electron chi connectivity index (χ3n) is 4.00. The molecule has 1 N–H and O–H groups in total. The van der Waals surface area contributed by atoms with E-state index in [1.807, 2.05) is 13.8 Å². The highest BCUT2D eigenvalue weighted by molar-refractivity contribution is 7.92. The van der Waals surface area contributed by atoms with E-state index in [1.165, 1.54) is 18.4 Å². The first-order valence-electron chi connectivity index (χ1n) is 7.99. The van der Waals surface area contributed by atoms with Gasteiger partial charge in [0.1, 0.15) is 11.0 Å². The van der Waals surface area contributed by atoms with Crippen LogP contribution in [-0.4, -0.2) is 29.1 Å². The van der Waals surface area contributed by atoms with Crippen molar-refractivity contribution in [2.24, 2.45) is 0 Å². The highest BCUT2D eigenvalue weighted by Gasteiger charge is 2.32. The van der Waals surface area contributed by atoms with E-state index in [0.717, 1.165) is 11.1 Å². The minimum Gasteiger partial charge on any atom is -0.468 e. The second kappa shape index (κ2) is 7.72. The Labute approximate surface area is 149 Å². The molecule has 1 atom stereocenters. The van der Waals surface area contributed by atoms with Crippen LogP contribution in [0.3, 0.4) is 0 Å². The molecule has 0 fully saturated rings. The maximum Gasteiger partial charge on any atom is 0.211 e. The van der Waals surface area contributed by atoms with Gasteiger partial charge in [0.15, 0.2) is 9.84 Å². The van der Waals surface area contributed by atoms with Crippen molar-refractivity contribution >= 4 is 19.9 Å².